The van der Waals surface area contributed by atoms with Gasteiger partial charge in [0.05, 0.1) is 18.3 Å². The standard InChI is InChI=1S/C15H14FNO3/c1-9-13(15(19)20-3)11(14(18)17(9)2)8-10-6-4-5-7-12(10)16/h4-8H,1-3H3/b11-8-. The number of carbonyl (C=O) groups excluding carboxylic acids is 2. The van der Waals surface area contributed by atoms with Crippen LogP contribution in [0, 0.1) is 5.82 Å². The van der Waals surface area contributed by atoms with E-state index in [9.17, 15) is 14.0 Å². The number of amides is 1. The second-order valence-electron chi connectivity index (χ2n) is 4.40. The Balaban J connectivity index is 2.57. The maximum atomic E-state index is 13.7. The summed E-state index contributed by atoms with van der Waals surface area (Å²) in [4.78, 5) is 25.3. The van der Waals surface area contributed by atoms with Crippen molar-refractivity contribution in [3.05, 3.63) is 52.5 Å². The van der Waals surface area contributed by atoms with E-state index in [0.29, 0.717) is 5.70 Å². The van der Waals surface area contributed by atoms with Crippen LogP contribution in [0.5, 0.6) is 0 Å². The van der Waals surface area contributed by atoms with Crippen molar-refractivity contribution in [2.45, 2.75) is 6.92 Å². The molecule has 2 rings (SSSR count). The molecule has 0 N–H and O–H groups in total. The van der Waals surface area contributed by atoms with Gasteiger partial charge < -0.3 is 9.64 Å². The number of rotatable bonds is 2. The highest BCUT2D eigenvalue weighted by Crippen LogP contribution is 2.30. The maximum Gasteiger partial charge on any atom is 0.340 e. The normalized spacial score (nSPS) is 17.1. The number of hydrogen-bond donors (Lipinski definition) is 0. The van der Waals surface area contributed by atoms with E-state index in [4.69, 9.17) is 0 Å². The van der Waals surface area contributed by atoms with Crippen molar-refractivity contribution in [3.63, 3.8) is 0 Å². The Morgan fingerprint density at radius 3 is 2.60 bits per heavy atom. The van der Waals surface area contributed by atoms with Crippen molar-refractivity contribution in [2.24, 2.45) is 0 Å². The van der Waals surface area contributed by atoms with Gasteiger partial charge in [0.15, 0.2) is 0 Å². The third-order valence-electron chi connectivity index (χ3n) is 3.26. The van der Waals surface area contributed by atoms with Crippen LogP contribution in [0.25, 0.3) is 6.08 Å². The van der Waals surface area contributed by atoms with Crippen LogP contribution in [0.3, 0.4) is 0 Å². The molecule has 0 aromatic heterocycles. The highest BCUT2D eigenvalue weighted by atomic mass is 19.1. The van der Waals surface area contributed by atoms with E-state index in [0.717, 1.165) is 0 Å². The molecule has 1 aromatic carbocycles. The number of likely N-dealkylation sites (N-methyl/N-ethyl adjacent to an activating group) is 1. The highest BCUT2D eigenvalue weighted by Gasteiger charge is 2.34. The van der Waals surface area contributed by atoms with Crippen molar-refractivity contribution in [1.29, 1.82) is 0 Å². The first-order valence-corrected chi connectivity index (χ1v) is 6.01. The van der Waals surface area contributed by atoms with Crippen LogP contribution < -0.4 is 0 Å². The van der Waals surface area contributed by atoms with Crippen LogP contribution in [0.2, 0.25) is 0 Å². The van der Waals surface area contributed by atoms with Gasteiger partial charge in [-0.2, -0.15) is 0 Å². The summed E-state index contributed by atoms with van der Waals surface area (Å²) < 4.78 is 18.4. The second kappa shape index (κ2) is 5.28. The second-order valence-corrected chi connectivity index (χ2v) is 4.40. The molecule has 1 heterocycles. The van der Waals surface area contributed by atoms with Gasteiger partial charge in [0.2, 0.25) is 0 Å². The molecule has 0 spiro atoms. The van der Waals surface area contributed by atoms with Crippen LogP contribution in [-0.4, -0.2) is 30.9 Å². The van der Waals surface area contributed by atoms with E-state index >= 15 is 0 Å². The van der Waals surface area contributed by atoms with Crippen molar-refractivity contribution in [3.8, 4) is 0 Å². The molecular weight excluding hydrogens is 261 g/mol. The van der Waals surface area contributed by atoms with Gasteiger partial charge in [0.1, 0.15) is 5.82 Å². The molecule has 1 aliphatic rings. The van der Waals surface area contributed by atoms with Crippen LogP contribution in [0.15, 0.2) is 41.1 Å². The van der Waals surface area contributed by atoms with Crippen molar-refractivity contribution < 1.29 is 18.7 Å². The topological polar surface area (TPSA) is 46.6 Å². The minimum Gasteiger partial charge on any atom is -0.465 e. The molecule has 5 heteroatoms. The van der Waals surface area contributed by atoms with Crippen LogP contribution in [0.4, 0.5) is 4.39 Å². The Kier molecular flexibility index (Phi) is 3.70. The van der Waals surface area contributed by atoms with E-state index in [-0.39, 0.29) is 22.6 Å². The third kappa shape index (κ3) is 2.22. The highest BCUT2D eigenvalue weighted by molar-refractivity contribution is 6.16. The zero-order valence-electron chi connectivity index (χ0n) is 11.4. The molecule has 1 aliphatic heterocycles. The Bertz CT molecular complexity index is 646. The van der Waals surface area contributed by atoms with Gasteiger partial charge in [-0.3, -0.25) is 4.79 Å². The molecule has 0 saturated carbocycles. The molecule has 4 nitrogen and oxygen atoms in total. The van der Waals surface area contributed by atoms with E-state index in [1.165, 1.54) is 30.2 Å². The zero-order valence-corrected chi connectivity index (χ0v) is 11.4. The minimum atomic E-state index is -0.609. The molecule has 0 saturated heterocycles. The lowest BCUT2D eigenvalue weighted by Crippen LogP contribution is -2.19. The number of esters is 1. The number of hydrogen-bond acceptors (Lipinski definition) is 3. The fourth-order valence-corrected chi connectivity index (χ4v) is 2.04. The number of nitrogens with zero attached hydrogens (tertiary/aromatic N) is 1. The maximum absolute atomic E-state index is 13.7. The smallest absolute Gasteiger partial charge is 0.340 e. The van der Waals surface area contributed by atoms with E-state index in [2.05, 4.69) is 4.74 Å². The molecular formula is C15H14FNO3. The molecule has 0 atom stereocenters. The summed E-state index contributed by atoms with van der Waals surface area (Å²) in [6.07, 6.45) is 1.37. The monoisotopic (exact) mass is 275 g/mol. The van der Waals surface area contributed by atoms with Crippen molar-refractivity contribution in [2.75, 3.05) is 14.2 Å². The Morgan fingerprint density at radius 2 is 2.00 bits per heavy atom. The van der Waals surface area contributed by atoms with Gasteiger partial charge in [-0.25, -0.2) is 9.18 Å². The number of benzene rings is 1. The molecule has 0 unspecified atom stereocenters. The number of halogens is 1. The van der Waals surface area contributed by atoms with Gasteiger partial charge in [0, 0.05) is 18.3 Å². The summed E-state index contributed by atoms with van der Waals surface area (Å²) in [6, 6.07) is 6.05. The molecule has 1 aromatic rings. The predicted octanol–water partition coefficient (Wildman–Crippen LogP) is 2.13. The van der Waals surface area contributed by atoms with Crippen molar-refractivity contribution in [1.82, 2.24) is 4.90 Å². The van der Waals surface area contributed by atoms with Gasteiger partial charge in [-0.1, -0.05) is 18.2 Å². The first-order valence-electron chi connectivity index (χ1n) is 6.01. The van der Waals surface area contributed by atoms with Gasteiger partial charge in [0.25, 0.3) is 5.91 Å². The average Bonchev–Trinajstić information content (AvgIpc) is 2.65. The van der Waals surface area contributed by atoms with E-state index in [1.54, 1.807) is 26.1 Å². The summed E-state index contributed by atoms with van der Waals surface area (Å²) >= 11 is 0. The fraction of sp³-hybridized carbons (Fsp3) is 0.200. The van der Waals surface area contributed by atoms with Gasteiger partial charge >= 0.3 is 5.97 Å². The summed E-state index contributed by atoms with van der Waals surface area (Å²) in [5.74, 6) is -1.42. The lowest BCUT2D eigenvalue weighted by Gasteiger charge is -2.08. The van der Waals surface area contributed by atoms with Crippen LogP contribution in [0.1, 0.15) is 12.5 Å². The first kappa shape index (κ1) is 14.0. The fourth-order valence-electron chi connectivity index (χ4n) is 2.04. The quantitative estimate of drug-likeness (QED) is 0.613. The van der Waals surface area contributed by atoms with Crippen molar-refractivity contribution >= 4 is 18.0 Å². The van der Waals surface area contributed by atoms with Crippen LogP contribution >= 0.6 is 0 Å². The third-order valence-corrected chi connectivity index (χ3v) is 3.26. The lowest BCUT2D eigenvalue weighted by molar-refractivity contribution is -0.136. The molecule has 104 valence electrons. The van der Waals surface area contributed by atoms with Gasteiger partial charge in [-0.15, -0.1) is 0 Å². The van der Waals surface area contributed by atoms with E-state index < -0.39 is 11.8 Å². The van der Waals surface area contributed by atoms with Gasteiger partial charge in [-0.05, 0) is 19.1 Å². The number of ether oxygens (including phenoxy) is 1. The zero-order chi connectivity index (χ0) is 14.9. The Labute approximate surface area is 116 Å². The summed E-state index contributed by atoms with van der Waals surface area (Å²) in [7, 11) is 2.80. The predicted molar refractivity (Wildman–Crippen MR) is 71.9 cm³/mol. The molecule has 0 bridgehead atoms. The first-order chi connectivity index (χ1) is 9.47. The molecule has 20 heavy (non-hydrogen) atoms. The molecule has 0 aliphatic carbocycles. The SMILES string of the molecule is COC(=O)C1=C(C)N(C)C(=O)/C1=C\c1ccccc1F. The average molecular weight is 275 g/mol. The summed E-state index contributed by atoms with van der Waals surface area (Å²) in [5.41, 5.74) is 1.05. The number of methoxy groups -OCH3 is 1. The number of allylic oxidation sites excluding steroid dienone is 1. The molecule has 1 amide bonds. The molecule has 0 radical (unpaired) electrons. The number of carbonyl (C=O) groups is 2. The summed E-state index contributed by atoms with van der Waals surface area (Å²) in [6.45, 7) is 1.65. The Hall–Kier alpha value is -2.43. The van der Waals surface area contributed by atoms with E-state index in [1.807, 2.05) is 0 Å². The minimum absolute atomic E-state index is 0.141. The molecule has 0 fully saturated rings. The Morgan fingerprint density at radius 1 is 1.35 bits per heavy atom. The van der Waals surface area contributed by atoms with Crippen LogP contribution in [-0.2, 0) is 14.3 Å². The summed E-state index contributed by atoms with van der Waals surface area (Å²) in [5, 5.41) is 0. The lowest BCUT2D eigenvalue weighted by atomic mass is 10.0. The largest absolute Gasteiger partial charge is 0.465 e.